The van der Waals surface area contributed by atoms with E-state index in [0.29, 0.717) is 13.1 Å². The van der Waals surface area contributed by atoms with Crippen molar-refractivity contribution in [3.8, 4) is 0 Å². The summed E-state index contributed by atoms with van der Waals surface area (Å²) in [6, 6.07) is 0.255. The number of nitrogens with one attached hydrogen (secondary N) is 3. The Labute approximate surface area is 133 Å². The molecule has 126 valence electrons. The molecule has 0 bridgehead atoms. The van der Waals surface area contributed by atoms with Crippen LogP contribution in [-0.4, -0.2) is 62.0 Å². The lowest BCUT2D eigenvalue weighted by molar-refractivity contribution is -0.123. The summed E-state index contributed by atoms with van der Waals surface area (Å²) in [5, 5.41) is 9.21. The minimum absolute atomic E-state index is 0.0970. The molecule has 22 heavy (non-hydrogen) atoms. The number of nitrogens with zero attached hydrogens (tertiary/aromatic N) is 1. The Morgan fingerprint density at radius 1 is 1.09 bits per heavy atom. The van der Waals surface area contributed by atoms with Crippen molar-refractivity contribution in [1.82, 2.24) is 20.9 Å². The van der Waals surface area contributed by atoms with Gasteiger partial charge in [-0.1, -0.05) is 6.92 Å². The Morgan fingerprint density at radius 2 is 1.82 bits per heavy atom. The molecule has 0 aromatic carbocycles. The molecule has 2 rings (SSSR count). The maximum absolute atomic E-state index is 11.8. The lowest BCUT2D eigenvalue weighted by atomic mass is 10.0. The highest BCUT2D eigenvalue weighted by molar-refractivity contribution is 5.78. The highest BCUT2D eigenvalue weighted by atomic mass is 16.2. The summed E-state index contributed by atoms with van der Waals surface area (Å²) in [6.07, 6.45) is 5.43. The molecule has 2 fully saturated rings. The minimum Gasteiger partial charge on any atom is -0.355 e. The molecule has 6 heteroatoms. The van der Waals surface area contributed by atoms with Crippen molar-refractivity contribution in [3.05, 3.63) is 0 Å². The van der Waals surface area contributed by atoms with E-state index in [1.54, 1.807) is 0 Å². The van der Waals surface area contributed by atoms with Crippen LogP contribution in [0.15, 0.2) is 0 Å². The zero-order chi connectivity index (χ0) is 15.8. The van der Waals surface area contributed by atoms with Crippen molar-refractivity contribution >= 4 is 11.8 Å². The van der Waals surface area contributed by atoms with E-state index in [4.69, 9.17) is 0 Å². The first-order valence-electron chi connectivity index (χ1n) is 8.66. The van der Waals surface area contributed by atoms with E-state index in [2.05, 4.69) is 20.9 Å². The van der Waals surface area contributed by atoms with Crippen LogP contribution in [0.2, 0.25) is 0 Å². The number of hydrogen-bond acceptors (Lipinski definition) is 4. The van der Waals surface area contributed by atoms with Gasteiger partial charge in [-0.2, -0.15) is 0 Å². The topological polar surface area (TPSA) is 73.5 Å². The average molecular weight is 310 g/mol. The van der Waals surface area contributed by atoms with Crippen LogP contribution in [-0.2, 0) is 9.59 Å². The van der Waals surface area contributed by atoms with Crippen LogP contribution < -0.4 is 16.0 Å². The summed E-state index contributed by atoms with van der Waals surface area (Å²) >= 11 is 0. The lowest BCUT2D eigenvalue weighted by Gasteiger charge is -2.31. The van der Waals surface area contributed by atoms with Gasteiger partial charge in [-0.15, -0.1) is 0 Å². The molecule has 2 amide bonds. The van der Waals surface area contributed by atoms with Gasteiger partial charge in [0.1, 0.15) is 0 Å². The van der Waals surface area contributed by atoms with E-state index in [1.807, 2.05) is 6.92 Å². The first-order chi connectivity index (χ1) is 10.7. The molecular weight excluding hydrogens is 280 g/mol. The van der Waals surface area contributed by atoms with Crippen LogP contribution >= 0.6 is 0 Å². The summed E-state index contributed by atoms with van der Waals surface area (Å²) < 4.78 is 0. The molecular formula is C16H30N4O2. The molecule has 0 unspecified atom stereocenters. The second-order valence-corrected chi connectivity index (χ2v) is 6.54. The van der Waals surface area contributed by atoms with Crippen molar-refractivity contribution in [1.29, 1.82) is 0 Å². The molecule has 1 aliphatic carbocycles. The van der Waals surface area contributed by atoms with Crippen LogP contribution in [0.5, 0.6) is 0 Å². The van der Waals surface area contributed by atoms with Gasteiger partial charge in [0.2, 0.25) is 11.8 Å². The number of rotatable bonds is 9. The van der Waals surface area contributed by atoms with Gasteiger partial charge in [0, 0.05) is 25.7 Å². The maximum atomic E-state index is 11.8. The van der Waals surface area contributed by atoms with Gasteiger partial charge in [-0.3, -0.25) is 14.5 Å². The fourth-order valence-electron chi connectivity index (χ4n) is 2.75. The molecule has 6 nitrogen and oxygen atoms in total. The molecule has 1 saturated carbocycles. The van der Waals surface area contributed by atoms with E-state index in [-0.39, 0.29) is 17.9 Å². The standard InChI is InChI=1S/C16H30N4O2/c1-2-7-18-16(22)12-20-8-5-14(6-9-20)19-15(21)11-17-10-13-3-4-13/h13-14,17H,2-12H2,1H3,(H,18,22)(H,19,21). The highest BCUT2D eigenvalue weighted by Crippen LogP contribution is 2.27. The Balaban J connectivity index is 1.53. The van der Waals surface area contributed by atoms with Gasteiger partial charge in [-0.25, -0.2) is 0 Å². The van der Waals surface area contributed by atoms with Crippen molar-refractivity contribution in [2.24, 2.45) is 5.92 Å². The molecule has 0 radical (unpaired) electrons. The van der Waals surface area contributed by atoms with Crippen LogP contribution in [0.1, 0.15) is 39.0 Å². The monoisotopic (exact) mass is 310 g/mol. The first kappa shape index (κ1) is 17.2. The summed E-state index contributed by atoms with van der Waals surface area (Å²) in [6.45, 7) is 6.42. The minimum atomic E-state index is 0.0970. The van der Waals surface area contributed by atoms with E-state index in [9.17, 15) is 9.59 Å². The van der Waals surface area contributed by atoms with E-state index >= 15 is 0 Å². The second kappa shape index (κ2) is 9.10. The number of hydrogen-bond donors (Lipinski definition) is 3. The van der Waals surface area contributed by atoms with Crippen molar-refractivity contribution in [2.45, 2.75) is 45.1 Å². The second-order valence-electron chi connectivity index (χ2n) is 6.54. The van der Waals surface area contributed by atoms with Crippen LogP contribution in [0.25, 0.3) is 0 Å². The predicted octanol–water partition coefficient (Wildman–Crippen LogP) is 0.0928. The largest absolute Gasteiger partial charge is 0.355 e. The molecule has 0 atom stereocenters. The summed E-state index contributed by atoms with van der Waals surface area (Å²) in [4.78, 5) is 25.7. The zero-order valence-electron chi connectivity index (χ0n) is 13.7. The number of carbonyl (C=O) groups is 2. The quantitative estimate of drug-likeness (QED) is 0.564. The van der Waals surface area contributed by atoms with Crippen LogP contribution in [0.3, 0.4) is 0 Å². The third-order valence-electron chi connectivity index (χ3n) is 4.31. The lowest BCUT2D eigenvalue weighted by Crippen LogP contribution is -2.48. The SMILES string of the molecule is CCCNC(=O)CN1CCC(NC(=O)CNCC2CC2)CC1. The van der Waals surface area contributed by atoms with Crippen molar-refractivity contribution in [3.63, 3.8) is 0 Å². The van der Waals surface area contributed by atoms with Crippen molar-refractivity contribution < 1.29 is 9.59 Å². The van der Waals surface area contributed by atoms with Crippen LogP contribution in [0, 0.1) is 5.92 Å². The number of piperidine rings is 1. The normalized spacial score (nSPS) is 19.9. The number of carbonyl (C=O) groups excluding carboxylic acids is 2. The first-order valence-corrected chi connectivity index (χ1v) is 8.66. The molecule has 2 aliphatic rings. The number of amides is 2. The molecule has 0 aromatic rings. The third-order valence-corrected chi connectivity index (χ3v) is 4.31. The molecule has 1 saturated heterocycles. The van der Waals surface area contributed by atoms with Gasteiger partial charge in [0.15, 0.2) is 0 Å². The fourth-order valence-corrected chi connectivity index (χ4v) is 2.75. The average Bonchev–Trinajstić information content (AvgIpc) is 3.31. The molecule has 1 heterocycles. The molecule has 0 aromatic heterocycles. The smallest absolute Gasteiger partial charge is 0.234 e. The summed E-state index contributed by atoms with van der Waals surface area (Å²) in [7, 11) is 0. The maximum Gasteiger partial charge on any atom is 0.234 e. The molecule has 1 aliphatic heterocycles. The van der Waals surface area contributed by atoms with E-state index in [1.165, 1.54) is 12.8 Å². The summed E-state index contributed by atoms with van der Waals surface area (Å²) in [5.74, 6) is 1.00. The summed E-state index contributed by atoms with van der Waals surface area (Å²) in [5.41, 5.74) is 0. The molecule has 3 N–H and O–H groups in total. The van der Waals surface area contributed by atoms with E-state index in [0.717, 1.165) is 51.4 Å². The Hall–Kier alpha value is -1.14. The third kappa shape index (κ3) is 6.75. The van der Waals surface area contributed by atoms with Gasteiger partial charge < -0.3 is 16.0 Å². The fraction of sp³-hybridized carbons (Fsp3) is 0.875. The highest BCUT2D eigenvalue weighted by Gasteiger charge is 2.23. The molecule has 0 spiro atoms. The van der Waals surface area contributed by atoms with Gasteiger partial charge >= 0.3 is 0 Å². The Morgan fingerprint density at radius 3 is 2.45 bits per heavy atom. The number of likely N-dealkylation sites (tertiary alicyclic amines) is 1. The van der Waals surface area contributed by atoms with Gasteiger partial charge in [0.05, 0.1) is 13.1 Å². The van der Waals surface area contributed by atoms with Gasteiger partial charge in [0.25, 0.3) is 0 Å². The van der Waals surface area contributed by atoms with Gasteiger partial charge in [-0.05, 0) is 44.6 Å². The zero-order valence-corrected chi connectivity index (χ0v) is 13.7. The Bertz CT molecular complexity index is 363. The van der Waals surface area contributed by atoms with E-state index < -0.39 is 0 Å². The Kier molecular flexibility index (Phi) is 7.12. The van der Waals surface area contributed by atoms with Crippen molar-refractivity contribution in [2.75, 3.05) is 39.3 Å². The van der Waals surface area contributed by atoms with Crippen LogP contribution in [0.4, 0.5) is 0 Å². The predicted molar refractivity (Wildman–Crippen MR) is 86.5 cm³/mol.